The molecule has 0 atom stereocenters. The van der Waals surface area contributed by atoms with Crippen molar-refractivity contribution < 1.29 is 13.2 Å². The summed E-state index contributed by atoms with van der Waals surface area (Å²) in [6.07, 6.45) is -3.88. The zero-order valence-electron chi connectivity index (χ0n) is 9.77. The van der Waals surface area contributed by atoms with Crippen molar-refractivity contribution in [3.8, 4) is 6.07 Å². The molecule has 0 aromatic carbocycles. The topological polar surface area (TPSA) is 48.7 Å². The summed E-state index contributed by atoms with van der Waals surface area (Å²) in [6, 6.07) is 2.37. The van der Waals surface area contributed by atoms with Gasteiger partial charge in [-0.15, -0.1) is 0 Å². The van der Waals surface area contributed by atoms with Crippen LogP contribution >= 0.6 is 11.6 Å². The Hall–Kier alpha value is -1.58. The fourth-order valence-corrected chi connectivity index (χ4v) is 1.15. The Kier molecular flexibility index (Phi) is 6.37. The maximum Gasteiger partial charge on any atom is 0.417 e. The van der Waals surface area contributed by atoms with E-state index in [1.54, 1.807) is 6.07 Å². The number of aromatic nitrogens is 1. The van der Waals surface area contributed by atoms with Crippen LogP contribution in [0.25, 0.3) is 5.57 Å². The van der Waals surface area contributed by atoms with Crippen LogP contribution in [0.4, 0.5) is 13.2 Å². The van der Waals surface area contributed by atoms with E-state index in [9.17, 15) is 13.2 Å². The minimum atomic E-state index is -4.50. The van der Waals surface area contributed by atoms with E-state index in [1.807, 2.05) is 14.1 Å². The standard InChI is InChI=1S/C9H4ClF3N2.C2H7N/c1-5(3-14)8-7(10)2-6(4-15-8)9(11,12)13;1-3-2/h2,4H,1H2;3H,1-2H3. The maximum absolute atomic E-state index is 12.2. The Balaban J connectivity index is 0.000000873. The Morgan fingerprint density at radius 3 is 2.33 bits per heavy atom. The average molecular weight is 278 g/mol. The highest BCUT2D eigenvalue weighted by atomic mass is 35.5. The maximum atomic E-state index is 12.2. The fraction of sp³-hybridized carbons (Fsp3) is 0.273. The van der Waals surface area contributed by atoms with Crippen LogP contribution in [-0.4, -0.2) is 19.1 Å². The molecule has 0 unspecified atom stereocenters. The Bertz CT molecular complexity index is 464. The number of halogens is 4. The Morgan fingerprint density at radius 2 is 2.00 bits per heavy atom. The van der Waals surface area contributed by atoms with Crippen molar-refractivity contribution in [2.75, 3.05) is 14.1 Å². The molecule has 0 fully saturated rings. The highest BCUT2D eigenvalue weighted by molar-refractivity contribution is 6.32. The van der Waals surface area contributed by atoms with Gasteiger partial charge in [0, 0.05) is 6.20 Å². The van der Waals surface area contributed by atoms with Gasteiger partial charge in [-0.3, -0.25) is 4.98 Å². The Morgan fingerprint density at radius 1 is 1.50 bits per heavy atom. The van der Waals surface area contributed by atoms with Crippen molar-refractivity contribution in [3.05, 3.63) is 35.1 Å². The minimum Gasteiger partial charge on any atom is -0.323 e. The summed E-state index contributed by atoms with van der Waals surface area (Å²) in [4.78, 5) is 3.44. The molecule has 1 aromatic heterocycles. The third-order valence-corrected chi connectivity index (χ3v) is 1.88. The van der Waals surface area contributed by atoms with Crippen LogP contribution in [0.5, 0.6) is 0 Å². The van der Waals surface area contributed by atoms with E-state index in [-0.39, 0.29) is 16.3 Å². The lowest BCUT2D eigenvalue weighted by atomic mass is 10.2. The number of alkyl halides is 3. The third kappa shape index (κ3) is 4.73. The van der Waals surface area contributed by atoms with E-state index < -0.39 is 11.7 Å². The number of nitrogens with one attached hydrogen (secondary N) is 1. The summed E-state index contributed by atoms with van der Waals surface area (Å²) in [5.74, 6) is 0. The molecule has 1 heterocycles. The van der Waals surface area contributed by atoms with Crippen molar-refractivity contribution in [1.82, 2.24) is 10.3 Å². The number of nitriles is 1. The summed E-state index contributed by atoms with van der Waals surface area (Å²) in [5.41, 5.74) is -1.07. The minimum absolute atomic E-state index is 0.0350. The predicted octanol–water partition coefficient (Wildman–Crippen LogP) is 3.13. The van der Waals surface area contributed by atoms with Crippen molar-refractivity contribution in [2.24, 2.45) is 0 Å². The van der Waals surface area contributed by atoms with Crippen LogP contribution in [0, 0.1) is 11.3 Å². The van der Waals surface area contributed by atoms with E-state index in [4.69, 9.17) is 16.9 Å². The summed E-state index contributed by atoms with van der Waals surface area (Å²) in [5, 5.41) is 11.0. The normalized spacial score (nSPS) is 10.1. The summed E-state index contributed by atoms with van der Waals surface area (Å²) < 4.78 is 36.6. The predicted molar refractivity (Wildman–Crippen MR) is 63.9 cm³/mol. The van der Waals surface area contributed by atoms with Gasteiger partial charge in [0.1, 0.15) is 6.07 Å². The van der Waals surface area contributed by atoms with Gasteiger partial charge >= 0.3 is 6.18 Å². The molecule has 0 bridgehead atoms. The number of pyridine rings is 1. The van der Waals surface area contributed by atoms with Crippen molar-refractivity contribution in [2.45, 2.75) is 6.18 Å². The summed E-state index contributed by atoms with van der Waals surface area (Å²) >= 11 is 5.53. The van der Waals surface area contributed by atoms with Crippen LogP contribution in [0.15, 0.2) is 18.8 Å². The molecule has 0 saturated heterocycles. The molecular formula is C11H11ClF3N3. The third-order valence-electron chi connectivity index (χ3n) is 1.59. The van der Waals surface area contributed by atoms with Gasteiger partial charge in [-0.2, -0.15) is 18.4 Å². The van der Waals surface area contributed by atoms with Crippen LogP contribution < -0.4 is 5.32 Å². The number of hydrogen-bond donors (Lipinski definition) is 1. The number of rotatable bonds is 1. The number of allylic oxidation sites excluding steroid dienone is 1. The molecule has 0 amide bonds. The lowest BCUT2D eigenvalue weighted by Crippen LogP contribution is -2.06. The Labute approximate surface area is 108 Å². The van der Waals surface area contributed by atoms with E-state index >= 15 is 0 Å². The van der Waals surface area contributed by atoms with Crippen molar-refractivity contribution in [1.29, 1.82) is 5.26 Å². The highest BCUT2D eigenvalue weighted by Crippen LogP contribution is 2.32. The molecule has 0 aliphatic heterocycles. The fourth-order valence-electron chi connectivity index (χ4n) is 0.868. The molecule has 0 aliphatic carbocycles. The first kappa shape index (κ1) is 16.4. The van der Waals surface area contributed by atoms with Gasteiger partial charge in [-0.25, -0.2) is 0 Å². The molecule has 7 heteroatoms. The van der Waals surface area contributed by atoms with Crippen LogP contribution in [-0.2, 0) is 6.18 Å². The SMILES string of the molecule is C=C(C#N)c1ncc(C(F)(F)F)cc1Cl.CNC. The van der Waals surface area contributed by atoms with Gasteiger partial charge in [0.05, 0.1) is 21.9 Å². The highest BCUT2D eigenvalue weighted by Gasteiger charge is 2.31. The van der Waals surface area contributed by atoms with Gasteiger partial charge < -0.3 is 5.32 Å². The molecule has 0 aliphatic rings. The van der Waals surface area contributed by atoms with Crippen LogP contribution in [0.2, 0.25) is 5.02 Å². The first-order valence-corrected chi connectivity index (χ1v) is 5.06. The van der Waals surface area contributed by atoms with Gasteiger partial charge in [0.15, 0.2) is 0 Å². The molecule has 18 heavy (non-hydrogen) atoms. The molecule has 1 rings (SSSR count). The number of nitrogens with zero attached hydrogens (tertiary/aromatic N) is 2. The van der Waals surface area contributed by atoms with E-state index in [2.05, 4.69) is 16.9 Å². The molecule has 1 N–H and O–H groups in total. The second-order valence-corrected chi connectivity index (χ2v) is 3.55. The zero-order valence-corrected chi connectivity index (χ0v) is 10.5. The molecule has 3 nitrogen and oxygen atoms in total. The molecule has 0 spiro atoms. The van der Waals surface area contributed by atoms with Crippen molar-refractivity contribution in [3.63, 3.8) is 0 Å². The zero-order chi connectivity index (χ0) is 14.3. The van der Waals surface area contributed by atoms with Crippen LogP contribution in [0.1, 0.15) is 11.3 Å². The number of hydrogen-bond acceptors (Lipinski definition) is 3. The van der Waals surface area contributed by atoms with E-state index in [1.165, 1.54) is 0 Å². The lowest BCUT2D eigenvalue weighted by Gasteiger charge is -2.07. The lowest BCUT2D eigenvalue weighted by molar-refractivity contribution is -0.137. The first-order valence-electron chi connectivity index (χ1n) is 4.68. The monoisotopic (exact) mass is 277 g/mol. The molecule has 0 saturated carbocycles. The molecule has 0 radical (unpaired) electrons. The smallest absolute Gasteiger partial charge is 0.323 e. The van der Waals surface area contributed by atoms with E-state index in [0.29, 0.717) is 12.3 Å². The molecule has 1 aromatic rings. The quantitative estimate of drug-likeness (QED) is 0.802. The average Bonchev–Trinajstić information content (AvgIpc) is 2.27. The van der Waals surface area contributed by atoms with E-state index in [0.717, 1.165) is 0 Å². The molecular weight excluding hydrogens is 267 g/mol. The van der Waals surface area contributed by atoms with Gasteiger partial charge in [0.2, 0.25) is 0 Å². The van der Waals surface area contributed by atoms with Crippen LogP contribution in [0.3, 0.4) is 0 Å². The summed E-state index contributed by atoms with van der Waals surface area (Å²) in [6.45, 7) is 3.31. The van der Waals surface area contributed by atoms with Crippen molar-refractivity contribution >= 4 is 17.2 Å². The largest absolute Gasteiger partial charge is 0.417 e. The molecule has 98 valence electrons. The second-order valence-electron chi connectivity index (χ2n) is 3.14. The second kappa shape index (κ2) is 6.99. The van der Waals surface area contributed by atoms with Gasteiger partial charge in [-0.05, 0) is 20.2 Å². The summed E-state index contributed by atoms with van der Waals surface area (Å²) in [7, 11) is 3.75. The van der Waals surface area contributed by atoms with Gasteiger partial charge in [-0.1, -0.05) is 18.2 Å². The first-order chi connectivity index (χ1) is 8.27. The van der Waals surface area contributed by atoms with Gasteiger partial charge in [0.25, 0.3) is 0 Å².